The van der Waals surface area contributed by atoms with E-state index in [-0.39, 0.29) is 0 Å². The summed E-state index contributed by atoms with van der Waals surface area (Å²) in [7, 11) is 0. The molecular weight excluding hydrogens is 416 g/mol. The van der Waals surface area contributed by atoms with Gasteiger partial charge in [-0.3, -0.25) is 9.97 Å². The third kappa shape index (κ3) is 2.98. The Bertz CT molecular complexity index is 1680. The molecule has 4 nitrogen and oxygen atoms in total. The van der Waals surface area contributed by atoms with Gasteiger partial charge in [-0.05, 0) is 67.7 Å². The summed E-state index contributed by atoms with van der Waals surface area (Å²) in [6.07, 6.45) is 6.78. The average molecular weight is 432 g/mol. The summed E-state index contributed by atoms with van der Waals surface area (Å²) >= 11 is 0. The molecule has 0 bridgehead atoms. The van der Waals surface area contributed by atoms with E-state index in [0.717, 1.165) is 54.6 Å². The number of rotatable bonds is 2. The molecule has 6 rings (SSSR count). The number of nitriles is 2. The van der Waals surface area contributed by atoms with Crippen LogP contribution in [0.25, 0.3) is 54.6 Å². The summed E-state index contributed by atoms with van der Waals surface area (Å²) in [6.45, 7) is 0. The first kappa shape index (κ1) is 19.6. The second kappa shape index (κ2) is 7.81. The molecule has 34 heavy (non-hydrogen) atoms. The quantitative estimate of drug-likeness (QED) is 0.276. The van der Waals surface area contributed by atoms with Crippen molar-refractivity contribution in [3.05, 3.63) is 109 Å². The van der Waals surface area contributed by atoms with Crippen molar-refractivity contribution < 1.29 is 0 Å². The van der Waals surface area contributed by atoms with E-state index in [4.69, 9.17) is 0 Å². The third-order valence-corrected chi connectivity index (χ3v) is 6.34. The summed E-state index contributed by atoms with van der Waals surface area (Å²) < 4.78 is 0. The van der Waals surface area contributed by atoms with Crippen molar-refractivity contribution in [2.75, 3.05) is 0 Å². The first-order valence-electron chi connectivity index (χ1n) is 10.9. The summed E-state index contributed by atoms with van der Waals surface area (Å²) in [5.41, 5.74) is 4.79. The highest BCUT2D eigenvalue weighted by Gasteiger charge is 2.13. The summed E-state index contributed by atoms with van der Waals surface area (Å²) in [6, 6.07) is 29.0. The van der Waals surface area contributed by atoms with Crippen LogP contribution in [0, 0.1) is 22.7 Å². The molecule has 0 unspecified atom stereocenters. The van der Waals surface area contributed by atoms with Gasteiger partial charge in [-0.1, -0.05) is 48.5 Å². The molecule has 4 heteroatoms. The zero-order valence-electron chi connectivity index (χ0n) is 18.0. The minimum atomic E-state index is 0.605. The zero-order chi connectivity index (χ0) is 23.1. The minimum absolute atomic E-state index is 0.605. The van der Waals surface area contributed by atoms with Crippen LogP contribution >= 0.6 is 0 Å². The van der Waals surface area contributed by atoms with E-state index >= 15 is 0 Å². The summed E-state index contributed by atoms with van der Waals surface area (Å²) in [5.74, 6) is 0. The second-order valence-corrected chi connectivity index (χ2v) is 8.13. The largest absolute Gasteiger partial charge is 0.264 e. The van der Waals surface area contributed by atoms with Crippen molar-refractivity contribution in [2.45, 2.75) is 0 Å². The fourth-order valence-electron chi connectivity index (χ4n) is 4.74. The van der Waals surface area contributed by atoms with Crippen molar-refractivity contribution in [2.24, 2.45) is 0 Å². The Labute approximate surface area is 196 Å². The van der Waals surface area contributed by atoms with Gasteiger partial charge in [-0.15, -0.1) is 0 Å². The lowest BCUT2D eigenvalue weighted by atomic mass is 9.90. The predicted octanol–water partition coefficient (Wildman–Crippen LogP) is 7.01. The van der Waals surface area contributed by atoms with Gasteiger partial charge in [0.1, 0.15) is 0 Å². The van der Waals surface area contributed by atoms with Crippen molar-refractivity contribution in [1.29, 1.82) is 10.5 Å². The van der Waals surface area contributed by atoms with Crippen LogP contribution in [-0.4, -0.2) is 9.97 Å². The molecule has 0 fully saturated rings. The molecule has 4 aromatic carbocycles. The number of fused-ring (bicyclic) bond motifs is 6. The second-order valence-electron chi connectivity index (χ2n) is 8.13. The molecule has 0 saturated heterocycles. The highest BCUT2D eigenvalue weighted by Crippen LogP contribution is 2.39. The van der Waals surface area contributed by atoms with E-state index in [1.807, 2.05) is 12.1 Å². The highest BCUT2D eigenvalue weighted by molar-refractivity contribution is 6.26. The number of pyridine rings is 2. The zero-order valence-corrected chi connectivity index (χ0v) is 18.0. The van der Waals surface area contributed by atoms with Crippen molar-refractivity contribution in [3.8, 4) is 34.4 Å². The standard InChI is InChI=1S/C30H16N4/c31-15-21-9-11-33-17-29(21)19-5-7-25-26-8-6-20(30-18-34-12-10-22(30)16-32)14-28(26)24-4-2-1-3-23(24)27(25)13-19/h1-14,17-18H. The normalized spacial score (nSPS) is 10.9. The van der Waals surface area contributed by atoms with Gasteiger partial charge in [-0.2, -0.15) is 10.5 Å². The van der Waals surface area contributed by atoms with Crippen LogP contribution in [0.1, 0.15) is 11.1 Å². The predicted molar refractivity (Wildman–Crippen MR) is 135 cm³/mol. The van der Waals surface area contributed by atoms with Gasteiger partial charge in [0.05, 0.1) is 23.3 Å². The summed E-state index contributed by atoms with van der Waals surface area (Å²) in [4.78, 5) is 8.47. The van der Waals surface area contributed by atoms with Gasteiger partial charge >= 0.3 is 0 Å². The van der Waals surface area contributed by atoms with Gasteiger partial charge in [0, 0.05) is 35.9 Å². The minimum Gasteiger partial charge on any atom is -0.264 e. The van der Waals surface area contributed by atoms with Crippen molar-refractivity contribution in [3.63, 3.8) is 0 Å². The topological polar surface area (TPSA) is 73.4 Å². The maximum absolute atomic E-state index is 9.56. The van der Waals surface area contributed by atoms with E-state index in [1.165, 1.54) is 0 Å². The van der Waals surface area contributed by atoms with Gasteiger partial charge in [-0.25, -0.2) is 0 Å². The first-order chi connectivity index (χ1) is 16.8. The maximum Gasteiger partial charge on any atom is 0.0999 e. The Kier molecular flexibility index (Phi) is 4.51. The van der Waals surface area contributed by atoms with E-state index in [1.54, 1.807) is 36.9 Å². The molecular formula is C30H16N4. The van der Waals surface area contributed by atoms with Crippen LogP contribution in [0.2, 0.25) is 0 Å². The monoisotopic (exact) mass is 432 g/mol. The maximum atomic E-state index is 9.56. The Morgan fingerprint density at radius 2 is 0.941 bits per heavy atom. The van der Waals surface area contributed by atoms with Gasteiger partial charge < -0.3 is 0 Å². The fraction of sp³-hybridized carbons (Fsp3) is 0. The van der Waals surface area contributed by atoms with Crippen LogP contribution in [-0.2, 0) is 0 Å². The molecule has 0 aliphatic heterocycles. The van der Waals surface area contributed by atoms with E-state index in [2.05, 4.69) is 70.6 Å². The molecule has 0 atom stereocenters. The summed E-state index contributed by atoms with van der Waals surface area (Å²) in [5, 5.41) is 25.9. The molecule has 0 N–H and O–H groups in total. The molecule has 2 aromatic heterocycles. The smallest absolute Gasteiger partial charge is 0.0999 e. The van der Waals surface area contributed by atoms with E-state index < -0.39 is 0 Å². The van der Waals surface area contributed by atoms with Crippen LogP contribution in [0.4, 0.5) is 0 Å². The number of nitrogens with zero attached hydrogens (tertiary/aromatic N) is 4. The van der Waals surface area contributed by atoms with E-state index in [9.17, 15) is 10.5 Å². The molecule has 0 amide bonds. The van der Waals surface area contributed by atoms with E-state index in [0.29, 0.717) is 11.1 Å². The van der Waals surface area contributed by atoms with Gasteiger partial charge in [0.2, 0.25) is 0 Å². The molecule has 0 radical (unpaired) electrons. The molecule has 0 saturated carbocycles. The highest BCUT2D eigenvalue weighted by atomic mass is 14.6. The van der Waals surface area contributed by atoms with Gasteiger partial charge in [0.15, 0.2) is 0 Å². The number of hydrogen-bond acceptors (Lipinski definition) is 4. The lowest BCUT2D eigenvalue weighted by molar-refractivity contribution is 1.31. The lowest BCUT2D eigenvalue weighted by Gasteiger charge is -2.14. The molecule has 6 aromatic rings. The van der Waals surface area contributed by atoms with Crippen LogP contribution in [0.3, 0.4) is 0 Å². The van der Waals surface area contributed by atoms with Crippen LogP contribution < -0.4 is 0 Å². The molecule has 156 valence electrons. The Morgan fingerprint density at radius 1 is 0.500 bits per heavy atom. The first-order valence-corrected chi connectivity index (χ1v) is 10.9. The van der Waals surface area contributed by atoms with Crippen molar-refractivity contribution >= 4 is 32.3 Å². The number of benzene rings is 4. The van der Waals surface area contributed by atoms with Crippen molar-refractivity contribution in [1.82, 2.24) is 9.97 Å². The lowest BCUT2D eigenvalue weighted by Crippen LogP contribution is -1.90. The van der Waals surface area contributed by atoms with Crippen LogP contribution in [0.15, 0.2) is 97.6 Å². The number of hydrogen-bond donors (Lipinski definition) is 0. The molecule has 0 aliphatic carbocycles. The molecule has 0 aliphatic rings. The van der Waals surface area contributed by atoms with Gasteiger partial charge in [0.25, 0.3) is 0 Å². The fourth-order valence-corrected chi connectivity index (χ4v) is 4.74. The third-order valence-electron chi connectivity index (χ3n) is 6.34. The molecule has 2 heterocycles. The Morgan fingerprint density at radius 3 is 1.38 bits per heavy atom. The number of aromatic nitrogens is 2. The Hall–Kier alpha value is -5.06. The van der Waals surface area contributed by atoms with Crippen LogP contribution in [0.5, 0.6) is 0 Å². The average Bonchev–Trinajstić information content (AvgIpc) is 2.92. The molecule has 0 spiro atoms. The SMILES string of the molecule is N#Cc1ccncc1-c1ccc2c3ccc(-c4cnccc4C#N)cc3c3ccccc3c2c1. The Balaban J connectivity index is 1.68.